The number of carbonyl (C=O) groups is 2. The summed E-state index contributed by atoms with van der Waals surface area (Å²) >= 11 is 0. The molecule has 1 saturated heterocycles. The van der Waals surface area contributed by atoms with Gasteiger partial charge in [-0.15, -0.1) is 0 Å². The van der Waals surface area contributed by atoms with Crippen LogP contribution >= 0.6 is 0 Å². The molecule has 2 heterocycles. The van der Waals surface area contributed by atoms with Gasteiger partial charge in [0.2, 0.25) is 0 Å². The van der Waals surface area contributed by atoms with Crippen LogP contribution in [0.3, 0.4) is 0 Å². The zero-order valence-corrected chi connectivity index (χ0v) is 16.2. The number of rotatable bonds is 4. The Morgan fingerprint density at radius 1 is 1.14 bits per heavy atom. The topological polar surface area (TPSA) is 72.6 Å². The third kappa shape index (κ3) is 3.68. The molecule has 1 aliphatic heterocycles. The molecule has 0 unspecified atom stereocenters. The standard InChI is InChI=1S/C22H26N2O4/c1-15-20(21(23-28-15)17-9-3-2-4-10-17)22(26)27-14-19(25)24-13-7-11-16-8-5-6-12-18(16)24/h2-4,9-10,16,18H,5-8,11-14H2,1H3/t16-,18-/m0/s1. The molecule has 1 saturated carbocycles. The highest BCUT2D eigenvalue weighted by Crippen LogP contribution is 2.35. The number of likely N-dealkylation sites (tertiary alicyclic amines) is 1. The normalized spacial score (nSPS) is 21.8. The third-order valence-electron chi connectivity index (χ3n) is 6.00. The van der Waals surface area contributed by atoms with E-state index in [0.717, 1.165) is 24.9 Å². The first kappa shape index (κ1) is 18.7. The maximum Gasteiger partial charge on any atom is 0.344 e. The summed E-state index contributed by atoms with van der Waals surface area (Å²) in [6.07, 6.45) is 6.93. The highest BCUT2D eigenvalue weighted by atomic mass is 16.5. The molecule has 2 aromatic rings. The van der Waals surface area contributed by atoms with Gasteiger partial charge in [-0.2, -0.15) is 0 Å². The second-order valence-corrected chi connectivity index (χ2v) is 7.75. The highest BCUT2D eigenvalue weighted by Gasteiger charge is 2.36. The number of aromatic nitrogens is 1. The molecule has 0 spiro atoms. The van der Waals surface area contributed by atoms with Crippen molar-refractivity contribution in [2.45, 2.75) is 51.5 Å². The van der Waals surface area contributed by atoms with Gasteiger partial charge in [-0.25, -0.2) is 4.79 Å². The summed E-state index contributed by atoms with van der Waals surface area (Å²) < 4.78 is 10.6. The fourth-order valence-electron chi connectivity index (χ4n) is 4.62. The van der Waals surface area contributed by atoms with Crippen LogP contribution in [0.5, 0.6) is 0 Å². The maximum absolute atomic E-state index is 12.8. The first-order chi connectivity index (χ1) is 13.6. The van der Waals surface area contributed by atoms with E-state index in [-0.39, 0.29) is 18.1 Å². The fraction of sp³-hybridized carbons (Fsp3) is 0.500. The highest BCUT2D eigenvalue weighted by molar-refractivity contribution is 5.98. The van der Waals surface area contributed by atoms with Gasteiger partial charge < -0.3 is 14.2 Å². The summed E-state index contributed by atoms with van der Waals surface area (Å²) in [4.78, 5) is 27.4. The summed E-state index contributed by atoms with van der Waals surface area (Å²) in [6.45, 7) is 2.20. The lowest BCUT2D eigenvalue weighted by molar-refractivity contribution is -0.140. The van der Waals surface area contributed by atoms with Crippen molar-refractivity contribution in [3.8, 4) is 11.3 Å². The Kier molecular flexibility index (Phi) is 5.46. The fourth-order valence-corrected chi connectivity index (χ4v) is 4.62. The Bertz CT molecular complexity index is 843. The molecule has 6 heteroatoms. The molecule has 1 aromatic carbocycles. The molecule has 1 amide bonds. The van der Waals surface area contributed by atoms with E-state index in [9.17, 15) is 9.59 Å². The average Bonchev–Trinajstić information content (AvgIpc) is 3.13. The summed E-state index contributed by atoms with van der Waals surface area (Å²) in [6, 6.07) is 9.66. The van der Waals surface area contributed by atoms with Gasteiger partial charge in [-0.3, -0.25) is 4.79 Å². The maximum atomic E-state index is 12.8. The van der Waals surface area contributed by atoms with Gasteiger partial charge in [0, 0.05) is 18.2 Å². The van der Waals surface area contributed by atoms with Crippen molar-refractivity contribution >= 4 is 11.9 Å². The lowest BCUT2D eigenvalue weighted by atomic mass is 9.78. The molecule has 4 rings (SSSR count). The van der Waals surface area contributed by atoms with Crippen LogP contribution < -0.4 is 0 Å². The van der Waals surface area contributed by atoms with Gasteiger partial charge in [0.05, 0.1) is 0 Å². The molecule has 28 heavy (non-hydrogen) atoms. The predicted octanol–water partition coefficient (Wildman–Crippen LogP) is 3.99. The molecule has 1 aromatic heterocycles. The number of amides is 1. The molecule has 148 valence electrons. The molecule has 0 bridgehead atoms. The van der Waals surface area contributed by atoms with Gasteiger partial charge in [0.15, 0.2) is 6.61 Å². The largest absolute Gasteiger partial charge is 0.452 e. The lowest BCUT2D eigenvalue weighted by Gasteiger charge is -2.44. The van der Waals surface area contributed by atoms with Crippen LogP contribution in [-0.4, -0.2) is 41.1 Å². The quantitative estimate of drug-likeness (QED) is 0.748. The number of hydrogen-bond donors (Lipinski definition) is 0. The van der Waals surface area contributed by atoms with Crippen LogP contribution in [0.1, 0.15) is 54.6 Å². The molecular formula is C22H26N2O4. The Balaban J connectivity index is 1.44. The van der Waals surface area contributed by atoms with Crippen molar-refractivity contribution in [3.63, 3.8) is 0 Å². The second-order valence-electron chi connectivity index (χ2n) is 7.75. The van der Waals surface area contributed by atoms with Crippen LogP contribution in [-0.2, 0) is 9.53 Å². The van der Waals surface area contributed by atoms with Crippen molar-refractivity contribution in [1.82, 2.24) is 10.1 Å². The summed E-state index contributed by atoms with van der Waals surface area (Å²) in [5.74, 6) is 0.331. The number of nitrogens with zero attached hydrogens (tertiary/aromatic N) is 2. The van der Waals surface area contributed by atoms with E-state index in [4.69, 9.17) is 9.26 Å². The number of benzene rings is 1. The second kappa shape index (κ2) is 8.17. The number of hydrogen-bond acceptors (Lipinski definition) is 5. The SMILES string of the molecule is Cc1onc(-c2ccccc2)c1C(=O)OCC(=O)N1CCC[C@@H]2CCCC[C@@H]21. The first-order valence-corrected chi connectivity index (χ1v) is 10.1. The van der Waals surface area contributed by atoms with Crippen LogP contribution in [0.2, 0.25) is 0 Å². The zero-order valence-electron chi connectivity index (χ0n) is 16.2. The van der Waals surface area contributed by atoms with Crippen molar-refractivity contribution in [1.29, 1.82) is 0 Å². The minimum atomic E-state index is -0.567. The lowest BCUT2D eigenvalue weighted by Crippen LogP contribution is -2.50. The Labute approximate surface area is 164 Å². The Morgan fingerprint density at radius 2 is 1.89 bits per heavy atom. The first-order valence-electron chi connectivity index (χ1n) is 10.1. The molecule has 2 aliphatic rings. The minimum absolute atomic E-state index is 0.0969. The number of fused-ring (bicyclic) bond motifs is 1. The molecule has 2 atom stereocenters. The molecular weight excluding hydrogens is 356 g/mol. The number of carbonyl (C=O) groups excluding carboxylic acids is 2. The van der Waals surface area contributed by atoms with Gasteiger partial charge in [-0.1, -0.05) is 48.3 Å². The molecule has 2 fully saturated rings. The van der Waals surface area contributed by atoms with Crippen LogP contribution in [0.15, 0.2) is 34.9 Å². The van der Waals surface area contributed by atoms with E-state index in [2.05, 4.69) is 5.16 Å². The predicted molar refractivity (Wildman–Crippen MR) is 104 cm³/mol. The van der Waals surface area contributed by atoms with Gasteiger partial charge in [0.25, 0.3) is 5.91 Å². The molecule has 0 N–H and O–H groups in total. The number of piperidine rings is 1. The van der Waals surface area contributed by atoms with Gasteiger partial charge >= 0.3 is 5.97 Å². The molecule has 1 aliphatic carbocycles. The average molecular weight is 382 g/mol. The van der Waals surface area contributed by atoms with Crippen molar-refractivity contribution < 1.29 is 18.8 Å². The van der Waals surface area contributed by atoms with Crippen molar-refractivity contribution in [3.05, 3.63) is 41.7 Å². The monoisotopic (exact) mass is 382 g/mol. The number of aryl methyl sites for hydroxylation is 1. The minimum Gasteiger partial charge on any atom is -0.452 e. The van der Waals surface area contributed by atoms with E-state index in [1.54, 1.807) is 6.92 Å². The van der Waals surface area contributed by atoms with E-state index in [0.29, 0.717) is 23.4 Å². The van der Waals surface area contributed by atoms with Gasteiger partial charge in [0.1, 0.15) is 17.0 Å². The smallest absolute Gasteiger partial charge is 0.344 e. The summed E-state index contributed by atoms with van der Waals surface area (Å²) in [5.41, 5.74) is 1.51. The summed E-state index contributed by atoms with van der Waals surface area (Å²) in [5, 5.41) is 4.01. The van der Waals surface area contributed by atoms with E-state index in [1.807, 2.05) is 35.2 Å². The van der Waals surface area contributed by atoms with Crippen LogP contribution in [0, 0.1) is 12.8 Å². The van der Waals surface area contributed by atoms with E-state index >= 15 is 0 Å². The molecule has 6 nitrogen and oxygen atoms in total. The summed E-state index contributed by atoms with van der Waals surface area (Å²) in [7, 11) is 0. The van der Waals surface area contributed by atoms with E-state index in [1.165, 1.54) is 25.7 Å². The third-order valence-corrected chi connectivity index (χ3v) is 6.00. The van der Waals surface area contributed by atoms with Crippen LogP contribution in [0.25, 0.3) is 11.3 Å². The van der Waals surface area contributed by atoms with Gasteiger partial charge in [-0.05, 0) is 38.5 Å². The molecule has 0 radical (unpaired) electrons. The Hall–Kier alpha value is -2.63. The van der Waals surface area contributed by atoms with E-state index < -0.39 is 5.97 Å². The number of esters is 1. The number of ether oxygens (including phenoxy) is 1. The zero-order chi connectivity index (χ0) is 19.5. The van der Waals surface area contributed by atoms with Crippen LogP contribution in [0.4, 0.5) is 0 Å². The Morgan fingerprint density at radius 3 is 2.71 bits per heavy atom. The van der Waals surface area contributed by atoms with Crippen molar-refractivity contribution in [2.75, 3.05) is 13.2 Å². The van der Waals surface area contributed by atoms with Crippen molar-refractivity contribution in [2.24, 2.45) is 5.92 Å².